The maximum Gasteiger partial charge on any atom is 1.00 e. The van der Waals surface area contributed by atoms with E-state index in [1.807, 2.05) is 0 Å². The summed E-state index contributed by atoms with van der Waals surface area (Å²) < 4.78 is 29.3. The quantitative estimate of drug-likeness (QED) is 0.147. The molecule has 0 aliphatic rings. The number of hydrogen-bond donors (Lipinski definition) is 1. The second-order valence-corrected chi connectivity index (χ2v) is 1.45. The van der Waals surface area contributed by atoms with Gasteiger partial charge in [0, 0.05) is 0 Å². The van der Waals surface area contributed by atoms with Crippen molar-refractivity contribution in [3.63, 3.8) is 0 Å². The van der Waals surface area contributed by atoms with Gasteiger partial charge in [-0.2, -0.15) is 0 Å². The smallest absolute Gasteiger partial charge is 1.00 e. The van der Waals surface area contributed by atoms with E-state index in [0.717, 1.165) is 0 Å². The molecule has 0 amide bonds. The van der Waals surface area contributed by atoms with Crippen LogP contribution in [0, 0.1) is 0 Å². The Hall–Kier alpha value is 2.12. The first-order valence-electron chi connectivity index (χ1n) is 0.849. The van der Waals surface area contributed by atoms with Crippen molar-refractivity contribution in [3.05, 3.63) is 0 Å². The van der Waals surface area contributed by atoms with Crippen molar-refractivity contribution in [1.29, 1.82) is 0 Å². The van der Waals surface area contributed by atoms with Gasteiger partial charge in [0.15, 0.2) is 0 Å². The fourth-order valence-corrected chi connectivity index (χ4v) is 0. The standard InChI is InChI=1S/ClH.2Na.H2O5S/c;;;1-5-6(2,3)4/h1H;;;1H,(H,2,3,4)/q;2*+1;/p-2. The Kier molecular flexibility index (Phi) is 25.3. The second kappa shape index (κ2) is 10.1. The predicted molar refractivity (Wildman–Crippen MR) is 13.4 cm³/mol. The molecule has 0 atom stereocenters. The molecule has 0 radical (unpaired) electrons. The normalized spacial score (nSPS) is 7.78. The van der Waals surface area contributed by atoms with E-state index in [1.165, 1.54) is 0 Å². The molecule has 0 saturated carbocycles. The van der Waals surface area contributed by atoms with Gasteiger partial charge >= 0.3 is 59.1 Å². The van der Waals surface area contributed by atoms with Gasteiger partial charge in [0.05, 0.1) is 0 Å². The monoisotopic (exact) mass is 194 g/mol. The minimum atomic E-state index is -4.86. The van der Waals surface area contributed by atoms with Gasteiger partial charge in [-0.25, -0.2) is 13.7 Å². The summed E-state index contributed by atoms with van der Waals surface area (Å²) in [5, 5.41) is 7.00. The summed E-state index contributed by atoms with van der Waals surface area (Å²) in [4.78, 5) is 0. The zero-order valence-corrected chi connectivity index (χ0v) is 10.4. The van der Waals surface area contributed by atoms with Crippen LogP contribution >= 0.6 is 0 Å². The van der Waals surface area contributed by atoms with Crippen LogP contribution in [0.3, 0.4) is 0 Å². The SMILES string of the molecule is O=S(=O)([O-])OO.[Cl-].[Na+].[Na+]. The summed E-state index contributed by atoms with van der Waals surface area (Å²) in [6, 6.07) is 0. The van der Waals surface area contributed by atoms with Crippen molar-refractivity contribution in [2.45, 2.75) is 0 Å². The van der Waals surface area contributed by atoms with E-state index < -0.39 is 10.4 Å². The maximum absolute atomic E-state index is 8.97. The van der Waals surface area contributed by atoms with E-state index in [9.17, 15) is 0 Å². The summed E-state index contributed by atoms with van der Waals surface area (Å²) >= 11 is 0. The second-order valence-electron chi connectivity index (χ2n) is 0.483. The molecule has 5 nitrogen and oxygen atoms in total. The van der Waals surface area contributed by atoms with Crippen molar-refractivity contribution < 1.29 is 94.1 Å². The van der Waals surface area contributed by atoms with Crippen LogP contribution in [0.2, 0.25) is 0 Å². The van der Waals surface area contributed by atoms with Gasteiger partial charge in [0.25, 0.3) is 0 Å². The van der Waals surface area contributed by atoms with Crippen LogP contribution in [0.15, 0.2) is 0 Å². The molecule has 0 rings (SSSR count). The zero-order valence-electron chi connectivity index (χ0n) is 4.87. The molecule has 0 aromatic heterocycles. The molecule has 0 aliphatic carbocycles. The first-order valence-corrected chi connectivity index (χ1v) is 2.18. The van der Waals surface area contributed by atoms with Gasteiger partial charge in [0.2, 0.25) is 10.4 Å². The minimum absolute atomic E-state index is 0. The average Bonchev–Trinajstić information content (AvgIpc) is 1.35. The Morgan fingerprint density at radius 2 is 1.44 bits per heavy atom. The van der Waals surface area contributed by atoms with E-state index in [0.29, 0.717) is 0 Å². The van der Waals surface area contributed by atoms with E-state index in [2.05, 4.69) is 4.33 Å². The summed E-state index contributed by atoms with van der Waals surface area (Å²) in [6.45, 7) is 0. The summed E-state index contributed by atoms with van der Waals surface area (Å²) in [6.07, 6.45) is 0. The summed E-state index contributed by atoms with van der Waals surface area (Å²) in [5.41, 5.74) is 0. The van der Waals surface area contributed by atoms with Crippen molar-refractivity contribution in [2.75, 3.05) is 0 Å². The average molecular weight is 195 g/mol. The molecule has 0 aliphatic heterocycles. The van der Waals surface area contributed by atoms with Gasteiger partial charge in [-0.05, 0) is 0 Å². The molecule has 0 saturated heterocycles. The molecule has 9 heteroatoms. The Labute approximate surface area is 103 Å². The molecule has 0 heterocycles. The Balaban J connectivity index is -0.0000000417. The van der Waals surface area contributed by atoms with Crippen LogP contribution in [0.4, 0.5) is 0 Å². The molecule has 9 heavy (non-hydrogen) atoms. The number of hydrogen-bond acceptors (Lipinski definition) is 5. The fraction of sp³-hybridized carbons (Fsp3) is 0. The number of rotatable bonds is 1. The third kappa shape index (κ3) is 25.5. The molecular formula is HClNa2O5S. The fourth-order valence-electron chi connectivity index (χ4n) is 0. The molecule has 0 aromatic rings. The van der Waals surface area contributed by atoms with E-state index in [-0.39, 0.29) is 71.5 Å². The maximum atomic E-state index is 8.97. The van der Waals surface area contributed by atoms with Crippen molar-refractivity contribution in [1.82, 2.24) is 0 Å². The first kappa shape index (κ1) is 22.5. The van der Waals surface area contributed by atoms with Crippen molar-refractivity contribution in [3.8, 4) is 0 Å². The molecule has 0 fully saturated rings. The molecule has 1 N–H and O–H groups in total. The molecule has 0 aromatic carbocycles. The summed E-state index contributed by atoms with van der Waals surface area (Å²) in [5.74, 6) is 0. The largest absolute Gasteiger partial charge is 1.00 e. The number of halogens is 1. The third-order valence-corrected chi connectivity index (χ3v) is 0.274. The topological polar surface area (TPSA) is 86.7 Å². The van der Waals surface area contributed by atoms with Crippen molar-refractivity contribution in [2.24, 2.45) is 0 Å². The van der Waals surface area contributed by atoms with Gasteiger partial charge in [0.1, 0.15) is 0 Å². The Morgan fingerprint density at radius 3 is 1.44 bits per heavy atom. The Bertz CT molecular complexity index is 117. The summed E-state index contributed by atoms with van der Waals surface area (Å²) in [7, 11) is -4.86. The van der Waals surface area contributed by atoms with E-state index in [4.69, 9.17) is 18.2 Å². The molecule has 0 unspecified atom stereocenters. The molecule has 46 valence electrons. The zero-order chi connectivity index (χ0) is 5.21. The van der Waals surface area contributed by atoms with Crippen LogP contribution in [-0.4, -0.2) is 18.2 Å². The molecule has 0 spiro atoms. The van der Waals surface area contributed by atoms with Gasteiger partial charge in [-0.1, -0.05) is 0 Å². The van der Waals surface area contributed by atoms with Crippen molar-refractivity contribution >= 4 is 10.4 Å². The van der Waals surface area contributed by atoms with Crippen LogP contribution in [0.5, 0.6) is 0 Å². The molecular weight excluding hydrogens is 193 g/mol. The first-order chi connectivity index (χ1) is 2.56. The van der Waals surface area contributed by atoms with E-state index in [1.54, 1.807) is 0 Å². The Morgan fingerprint density at radius 1 is 1.33 bits per heavy atom. The van der Waals surface area contributed by atoms with E-state index >= 15 is 0 Å². The van der Waals surface area contributed by atoms with Crippen LogP contribution in [0.25, 0.3) is 0 Å². The predicted octanol–water partition coefficient (Wildman–Crippen LogP) is -10.1. The third-order valence-electron chi connectivity index (χ3n) is 0.0913. The van der Waals surface area contributed by atoms with Gasteiger partial charge in [-0.15, -0.1) is 4.33 Å². The van der Waals surface area contributed by atoms with Crippen LogP contribution in [0.1, 0.15) is 0 Å². The van der Waals surface area contributed by atoms with Crippen LogP contribution in [-0.2, 0) is 14.7 Å². The minimum Gasteiger partial charge on any atom is -1.00 e. The van der Waals surface area contributed by atoms with Gasteiger partial charge in [-0.3, -0.25) is 0 Å². The molecule has 0 bridgehead atoms. The van der Waals surface area contributed by atoms with Gasteiger partial charge < -0.3 is 17.0 Å². The van der Waals surface area contributed by atoms with Crippen LogP contribution < -0.4 is 71.5 Å².